The van der Waals surface area contributed by atoms with Gasteiger partial charge in [0.15, 0.2) is 5.78 Å². The van der Waals surface area contributed by atoms with E-state index in [4.69, 9.17) is 0 Å². The lowest BCUT2D eigenvalue weighted by molar-refractivity contribution is -0.181. The average Bonchev–Trinajstić information content (AvgIpc) is 2.91. The summed E-state index contributed by atoms with van der Waals surface area (Å²) in [5, 5.41) is 31.9. The second kappa shape index (κ2) is 6.23. The summed E-state index contributed by atoms with van der Waals surface area (Å²) < 4.78 is 0. The molecule has 0 aliphatic heterocycles. The van der Waals surface area contributed by atoms with Crippen molar-refractivity contribution >= 4 is 11.5 Å². The molecule has 5 heteroatoms. The first-order valence-corrected chi connectivity index (χ1v) is 10.4. The molecular weight excluding hydrogens is 342 g/mol. The Kier molecular flexibility index (Phi) is 4.45. The second-order valence-electron chi connectivity index (χ2n) is 9.81. The molecule has 0 saturated heterocycles. The molecule has 0 bridgehead atoms. The third-order valence-electron chi connectivity index (χ3n) is 8.96. The maximum atomic E-state index is 12.4. The van der Waals surface area contributed by atoms with Crippen molar-refractivity contribution < 1.29 is 20.1 Å². The van der Waals surface area contributed by atoms with Gasteiger partial charge in [-0.05, 0) is 74.2 Å². The van der Waals surface area contributed by atoms with Crippen LogP contribution in [0, 0.1) is 28.6 Å². The molecule has 0 aromatic rings. The van der Waals surface area contributed by atoms with Crippen molar-refractivity contribution in [2.24, 2.45) is 33.6 Å². The summed E-state index contributed by atoms with van der Waals surface area (Å²) in [6.45, 7) is 3.63. The largest absolute Gasteiger partial charge is 0.393 e. The zero-order valence-corrected chi connectivity index (χ0v) is 16.7. The number of aliphatic hydroxyl groups is 3. The Morgan fingerprint density at radius 2 is 2.00 bits per heavy atom. The van der Waals surface area contributed by atoms with E-state index in [0.29, 0.717) is 18.8 Å². The average molecular weight is 376 g/mol. The van der Waals surface area contributed by atoms with Gasteiger partial charge in [0.1, 0.15) is 12.2 Å². The van der Waals surface area contributed by atoms with Crippen molar-refractivity contribution in [1.82, 2.24) is 0 Å². The van der Waals surface area contributed by atoms with E-state index in [1.807, 2.05) is 14.0 Å². The predicted molar refractivity (Wildman–Crippen MR) is 103 cm³/mol. The van der Waals surface area contributed by atoms with Gasteiger partial charge in [0, 0.05) is 18.2 Å². The van der Waals surface area contributed by atoms with Crippen LogP contribution in [0.15, 0.2) is 16.6 Å². The lowest BCUT2D eigenvalue weighted by Crippen LogP contribution is -2.62. The Morgan fingerprint density at radius 1 is 1.26 bits per heavy atom. The Bertz CT molecular complexity index is 715. The van der Waals surface area contributed by atoms with Gasteiger partial charge < -0.3 is 15.3 Å². The molecule has 0 heterocycles. The summed E-state index contributed by atoms with van der Waals surface area (Å²) in [5.74, 6) is 0.204. The number of aliphatic imine (C=N–C) groups is 1. The highest BCUT2D eigenvalue weighted by molar-refractivity contribution is 5.96. The van der Waals surface area contributed by atoms with Gasteiger partial charge in [-0.25, -0.2) is 0 Å². The SMILES string of the molecule is C/N=C1\C=C2CC[C@@H]3[C@H]([C@H](O)C[C@@]4(C)[C@H]3CC[C@]4(O)C(=O)CO)[C@@]2(C)CC1. The highest BCUT2D eigenvalue weighted by Gasteiger charge is 2.68. The molecule has 3 fully saturated rings. The lowest BCUT2D eigenvalue weighted by Gasteiger charge is -2.60. The fourth-order valence-electron chi connectivity index (χ4n) is 7.47. The fraction of sp³-hybridized carbons (Fsp3) is 0.818. The molecule has 0 radical (unpaired) electrons. The number of fused-ring (bicyclic) bond motifs is 5. The molecular formula is C22H33NO4. The number of hydrogen-bond acceptors (Lipinski definition) is 5. The van der Waals surface area contributed by atoms with E-state index in [1.54, 1.807) is 0 Å². The molecule has 0 unspecified atom stereocenters. The number of ketones is 1. The minimum Gasteiger partial charge on any atom is -0.393 e. The number of Topliss-reactive ketones (excluding diaryl/α,β-unsaturated/α-hetero) is 1. The second-order valence-corrected chi connectivity index (χ2v) is 9.81. The highest BCUT2D eigenvalue weighted by Crippen LogP contribution is 2.67. The molecule has 4 aliphatic rings. The Morgan fingerprint density at radius 3 is 2.67 bits per heavy atom. The van der Waals surface area contributed by atoms with Crippen molar-refractivity contribution in [1.29, 1.82) is 0 Å². The molecule has 7 atom stereocenters. The zero-order chi connectivity index (χ0) is 19.6. The quantitative estimate of drug-likeness (QED) is 0.691. The van der Waals surface area contributed by atoms with Gasteiger partial charge in [-0.1, -0.05) is 19.4 Å². The molecule has 4 rings (SSSR count). The molecule has 3 saturated carbocycles. The van der Waals surface area contributed by atoms with Crippen LogP contribution in [-0.2, 0) is 4.79 Å². The van der Waals surface area contributed by atoms with E-state index in [-0.39, 0.29) is 17.3 Å². The predicted octanol–water partition coefficient (Wildman–Crippen LogP) is 2.28. The monoisotopic (exact) mass is 375 g/mol. The number of aliphatic hydroxyl groups excluding tert-OH is 2. The molecule has 150 valence electrons. The van der Waals surface area contributed by atoms with Crippen LogP contribution in [0.5, 0.6) is 0 Å². The Hall–Kier alpha value is -1.04. The van der Waals surface area contributed by atoms with E-state index in [0.717, 1.165) is 37.8 Å². The molecule has 4 aliphatic carbocycles. The standard InChI is InChI=1S/C22H33NO4/c1-20-8-6-14(23-3)10-13(20)4-5-15-16-7-9-22(27,18(26)12-24)21(16,2)11-17(25)19(15)20/h10,15-17,19,24-25,27H,4-9,11-12H2,1-3H3/b23-14-/t15-,16-,17+,19+,20-,21-,22-/m0/s1. The third kappa shape index (κ3) is 2.41. The van der Waals surface area contributed by atoms with Crippen LogP contribution in [0.4, 0.5) is 0 Å². The minimum atomic E-state index is -1.51. The first kappa shape index (κ1) is 19.3. The van der Waals surface area contributed by atoms with Crippen LogP contribution in [0.2, 0.25) is 0 Å². The van der Waals surface area contributed by atoms with Gasteiger partial charge in [0.05, 0.1) is 6.10 Å². The normalized spacial score (nSPS) is 50.6. The first-order chi connectivity index (χ1) is 12.7. The number of carbonyl (C=O) groups is 1. The number of rotatable bonds is 2. The third-order valence-corrected chi connectivity index (χ3v) is 8.96. The maximum absolute atomic E-state index is 12.4. The van der Waals surface area contributed by atoms with E-state index in [2.05, 4.69) is 18.0 Å². The van der Waals surface area contributed by atoms with Gasteiger partial charge in [0.2, 0.25) is 0 Å². The molecule has 27 heavy (non-hydrogen) atoms. The Labute approximate surface area is 161 Å². The first-order valence-electron chi connectivity index (χ1n) is 10.4. The van der Waals surface area contributed by atoms with Gasteiger partial charge in [-0.2, -0.15) is 0 Å². The summed E-state index contributed by atoms with van der Waals surface area (Å²) >= 11 is 0. The van der Waals surface area contributed by atoms with Crippen LogP contribution in [0.1, 0.15) is 58.8 Å². The van der Waals surface area contributed by atoms with Crippen LogP contribution >= 0.6 is 0 Å². The molecule has 0 amide bonds. The summed E-state index contributed by atoms with van der Waals surface area (Å²) in [4.78, 5) is 16.8. The van der Waals surface area contributed by atoms with Crippen LogP contribution in [0.25, 0.3) is 0 Å². The van der Waals surface area contributed by atoms with Crippen molar-refractivity contribution in [2.45, 2.75) is 70.5 Å². The smallest absolute Gasteiger partial charge is 0.190 e. The highest BCUT2D eigenvalue weighted by atomic mass is 16.3. The minimum absolute atomic E-state index is 0.0282. The van der Waals surface area contributed by atoms with Gasteiger partial charge >= 0.3 is 0 Å². The summed E-state index contributed by atoms with van der Waals surface area (Å²) in [7, 11) is 1.85. The van der Waals surface area contributed by atoms with Crippen molar-refractivity contribution in [2.75, 3.05) is 13.7 Å². The fourth-order valence-corrected chi connectivity index (χ4v) is 7.47. The molecule has 3 N–H and O–H groups in total. The molecule has 0 spiro atoms. The van der Waals surface area contributed by atoms with Crippen molar-refractivity contribution in [3.05, 3.63) is 11.6 Å². The molecule has 0 aromatic carbocycles. The van der Waals surface area contributed by atoms with E-state index in [1.165, 1.54) is 5.57 Å². The summed E-state index contributed by atoms with van der Waals surface area (Å²) in [6, 6.07) is 0. The Balaban J connectivity index is 1.72. The lowest BCUT2D eigenvalue weighted by atomic mass is 9.45. The van der Waals surface area contributed by atoms with Gasteiger partial charge in [-0.15, -0.1) is 0 Å². The number of nitrogens with zero attached hydrogens (tertiary/aromatic N) is 1. The summed E-state index contributed by atoms with van der Waals surface area (Å²) in [6.07, 6.45) is 7.28. The van der Waals surface area contributed by atoms with Crippen LogP contribution < -0.4 is 0 Å². The molecule has 5 nitrogen and oxygen atoms in total. The topological polar surface area (TPSA) is 90.1 Å². The number of allylic oxidation sites excluding steroid dienone is 2. The van der Waals surface area contributed by atoms with E-state index in [9.17, 15) is 20.1 Å². The van der Waals surface area contributed by atoms with Gasteiger partial charge in [-0.3, -0.25) is 9.79 Å². The number of carbonyl (C=O) groups excluding carboxylic acids is 1. The van der Waals surface area contributed by atoms with E-state index < -0.39 is 29.5 Å². The van der Waals surface area contributed by atoms with Crippen LogP contribution in [-0.4, -0.2) is 52.2 Å². The van der Waals surface area contributed by atoms with Crippen molar-refractivity contribution in [3.8, 4) is 0 Å². The number of hydrogen-bond donors (Lipinski definition) is 3. The van der Waals surface area contributed by atoms with Crippen LogP contribution in [0.3, 0.4) is 0 Å². The van der Waals surface area contributed by atoms with Crippen molar-refractivity contribution in [3.63, 3.8) is 0 Å². The summed E-state index contributed by atoms with van der Waals surface area (Å²) in [5.41, 5.74) is 0.372. The zero-order valence-electron chi connectivity index (χ0n) is 16.7. The molecule has 0 aromatic heterocycles. The van der Waals surface area contributed by atoms with Gasteiger partial charge in [0.25, 0.3) is 0 Å². The maximum Gasteiger partial charge on any atom is 0.190 e. The van der Waals surface area contributed by atoms with E-state index >= 15 is 0 Å².